The van der Waals surface area contributed by atoms with Gasteiger partial charge in [-0.25, -0.2) is 12.4 Å². The molecule has 5 rings (SSSR count). The van der Waals surface area contributed by atoms with Crippen molar-refractivity contribution in [2.45, 2.75) is 18.2 Å². The summed E-state index contributed by atoms with van der Waals surface area (Å²) in [6.07, 6.45) is 2.43. The molecule has 1 fully saturated rings. The number of nitrogens with zero attached hydrogens (tertiary/aromatic N) is 4. The summed E-state index contributed by atoms with van der Waals surface area (Å²) < 4.78 is 28.7. The maximum atomic E-state index is 13.7. The van der Waals surface area contributed by atoms with Crippen LogP contribution in [0.25, 0.3) is 10.9 Å². The molecule has 0 bridgehead atoms. The van der Waals surface area contributed by atoms with Crippen LogP contribution in [0.1, 0.15) is 12.5 Å². The zero-order valence-electron chi connectivity index (χ0n) is 17.8. The molecule has 0 spiro atoms. The Hall–Kier alpha value is -2.84. The minimum Gasteiger partial charge on any atom is -0.367 e. The molecule has 0 radical (unpaired) electrons. The fourth-order valence-electron chi connectivity index (χ4n) is 4.61. The third kappa shape index (κ3) is 3.30. The van der Waals surface area contributed by atoms with E-state index in [1.165, 1.54) is 10.9 Å². The zero-order chi connectivity index (χ0) is 21.8. The third-order valence-corrected chi connectivity index (χ3v) is 8.05. The van der Waals surface area contributed by atoms with E-state index in [9.17, 15) is 13.2 Å². The summed E-state index contributed by atoms with van der Waals surface area (Å²) in [4.78, 5) is 18.3. The Morgan fingerprint density at radius 3 is 2.42 bits per heavy atom. The van der Waals surface area contributed by atoms with Gasteiger partial charge in [0.1, 0.15) is 0 Å². The van der Waals surface area contributed by atoms with E-state index >= 15 is 0 Å². The van der Waals surface area contributed by atoms with E-state index in [-0.39, 0.29) is 10.8 Å². The van der Waals surface area contributed by atoms with Crippen molar-refractivity contribution in [2.75, 3.05) is 49.6 Å². The van der Waals surface area contributed by atoms with Gasteiger partial charge in [-0.1, -0.05) is 18.2 Å². The van der Waals surface area contributed by atoms with Crippen molar-refractivity contribution in [1.82, 2.24) is 8.87 Å². The van der Waals surface area contributed by atoms with Crippen LogP contribution in [0.15, 0.2) is 53.6 Å². The van der Waals surface area contributed by atoms with Crippen LogP contribution in [-0.2, 0) is 21.2 Å². The van der Waals surface area contributed by atoms with E-state index in [1.807, 2.05) is 24.3 Å². The highest BCUT2D eigenvalue weighted by atomic mass is 32.2. The SMILES string of the molecule is CC(=O)N1CCc2cc(S(=O)(=O)n3cc(N4CCN(C)CC4)c4ccccc43)ccc21. The normalized spacial score (nSPS) is 17.4. The van der Waals surface area contributed by atoms with Gasteiger partial charge in [0.25, 0.3) is 10.0 Å². The average molecular weight is 439 g/mol. The second-order valence-electron chi connectivity index (χ2n) is 8.33. The Labute approximate surface area is 182 Å². The van der Waals surface area contributed by atoms with Crippen molar-refractivity contribution in [3.63, 3.8) is 0 Å². The summed E-state index contributed by atoms with van der Waals surface area (Å²) in [7, 11) is -1.67. The number of para-hydroxylation sites is 1. The number of anilines is 2. The van der Waals surface area contributed by atoms with Crippen LogP contribution in [0.3, 0.4) is 0 Å². The predicted molar refractivity (Wildman–Crippen MR) is 122 cm³/mol. The number of amides is 1. The quantitative estimate of drug-likeness (QED) is 0.629. The van der Waals surface area contributed by atoms with E-state index in [4.69, 9.17) is 0 Å². The number of hydrogen-bond acceptors (Lipinski definition) is 5. The molecule has 7 nitrogen and oxygen atoms in total. The maximum Gasteiger partial charge on any atom is 0.268 e. The number of likely N-dealkylation sites (N-methyl/N-ethyl adjacent to an activating group) is 1. The second kappa shape index (κ2) is 7.39. The summed E-state index contributed by atoms with van der Waals surface area (Å²) in [5, 5.41) is 0.944. The molecule has 8 heteroatoms. The molecule has 0 aliphatic carbocycles. The van der Waals surface area contributed by atoms with Gasteiger partial charge in [-0.15, -0.1) is 0 Å². The number of rotatable bonds is 3. The molecule has 3 aromatic rings. The molecule has 1 saturated heterocycles. The number of benzene rings is 2. The van der Waals surface area contributed by atoms with Gasteiger partial charge in [-0.05, 0) is 43.3 Å². The van der Waals surface area contributed by atoms with Crippen molar-refractivity contribution >= 4 is 38.2 Å². The Morgan fingerprint density at radius 2 is 1.68 bits per heavy atom. The summed E-state index contributed by atoms with van der Waals surface area (Å²) in [5.74, 6) is -0.0254. The molecule has 3 heterocycles. The Kier molecular flexibility index (Phi) is 4.79. The van der Waals surface area contributed by atoms with E-state index in [0.29, 0.717) is 18.5 Å². The Morgan fingerprint density at radius 1 is 0.935 bits per heavy atom. The van der Waals surface area contributed by atoms with E-state index in [2.05, 4.69) is 16.8 Å². The van der Waals surface area contributed by atoms with Gasteiger partial charge in [-0.2, -0.15) is 0 Å². The van der Waals surface area contributed by atoms with E-state index < -0.39 is 10.0 Å². The molecule has 2 aromatic carbocycles. The minimum atomic E-state index is -3.78. The molecule has 2 aliphatic heterocycles. The fraction of sp³-hybridized carbons (Fsp3) is 0.348. The predicted octanol–water partition coefficient (Wildman–Crippen LogP) is 2.54. The van der Waals surface area contributed by atoms with Crippen molar-refractivity contribution in [1.29, 1.82) is 0 Å². The van der Waals surface area contributed by atoms with Crippen molar-refractivity contribution in [3.8, 4) is 0 Å². The van der Waals surface area contributed by atoms with Crippen LogP contribution in [0.4, 0.5) is 11.4 Å². The molecule has 162 valence electrons. The lowest BCUT2D eigenvalue weighted by molar-refractivity contribution is -0.116. The van der Waals surface area contributed by atoms with E-state index in [1.54, 1.807) is 29.3 Å². The number of aromatic nitrogens is 1. The molecule has 0 unspecified atom stereocenters. The number of piperazine rings is 1. The highest BCUT2D eigenvalue weighted by molar-refractivity contribution is 7.90. The topological polar surface area (TPSA) is 65.9 Å². The standard InChI is InChI=1S/C23H26N4O3S/c1-17(28)26-10-9-18-15-19(7-8-21(18)26)31(29,30)27-16-23(20-5-3-4-6-22(20)27)25-13-11-24(2)12-14-25/h3-8,15-16H,9-14H2,1-2H3. The Bertz CT molecular complexity index is 1270. The number of carbonyl (C=O) groups excluding carboxylic acids is 1. The lowest BCUT2D eigenvalue weighted by Gasteiger charge is -2.33. The van der Waals surface area contributed by atoms with Crippen LogP contribution in [-0.4, -0.2) is 63.0 Å². The molecule has 1 aromatic heterocycles. The molecule has 31 heavy (non-hydrogen) atoms. The van der Waals surface area contributed by atoms with Crippen LogP contribution >= 0.6 is 0 Å². The van der Waals surface area contributed by atoms with Crippen molar-refractivity contribution < 1.29 is 13.2 Å². The van der Waals surface area contributed by atoms with Gasteiger partial charge in [-0.3, -0.25) is 4.79 Å². The average Bonchev–Trinajstić information content (AvgIpc) is 3.36. The summed E-state index contributed by atoms with van der Waals surface area (Å²) in [6.45, 7) is 5.75. The first-order chi connectivity index (χ1) is 14.9. The van der Waals surface area contributed by atoms with Gasteiger partial charge < -0.3 is 14.7 Å². The molecule has 1 amide bonds. The minimum absolute atomic E-state index is 0.0254. The monoisotopic (exact) mass is 438 g/mol. The van der Waals surface area contributed by atoms with Crippen LogP contribution < -0.4 is 9.80 Å². The van der Waals surface area contributed by atoms with Crippen LogP contribution in [0.5, 0.6) is 0 Å². The molecule has 0 saturated carbocycles. The van der Waals surface area contributed by atoms with Crippen LogP contribution in [0, 0.1) is 0 Å². The smallest absolute Gasteiger partial charge is 0.268 e. The summed E-state index contributed by atoms with van der Waals surface area (Å²) in [6, 6.07) is 12.8. The van der Waals surface area contributed by atoms with Gasteiger partial charge in [0.2, 0.25) is 5.91 Å². The highest BCUT2D eigenvalue weighted by Crippen LogP contribution is 2.35. The summed E-state index contributed by atoms with van der Waals surface area (Å²) in [5.41, 5.74) is 3.34. The Balaban J connectivity index is 1.59. The van der Waals surface area contributed by atoms with Gasteiger partial charge in [0, 0.05) is 56.9 Å². The lowest BCUT2D eigenvalue weighted by Crippen LogP contribution is -2.44. The molecule has 0 atom stereocenters. The zero-order valence-corrected chi connectivity index (χ0v) is 18.6. The molecule has 0 N–H and O–H groups in total. The first kappa shape index (κ1) is 20.1. The van der Waals surface area contributed by atoms with Crippen molar-refractivity contribution in [3.05, 3.63) is 54.2 Å². The first-order valence-electron chi connectivity index (χ1n) is 10.6. The molecular weight excluding hydrogens is 412 g/mol. The second-order valence-corrected chi connectivity index (χ2v) is 10.1. The van der Waals surface area contributed by atoms with Crippen molar-refractivity contribution in [2.24, 2.45) is 0 Å². The largest absolute Gasteiger partial charge is 0.367 e. The van der Waals surface area contributed by atoms with Gasteiger partial charge >= 0.3 is 0 Å². The van der Waals surface area contributed by atoms with Crippen LogP contribution in [0.2, 0.25) is 0 Å². The number of fused-ring (bicyclic) bond motifs is 2. The van der Waals surface area contributed by atoms with Gasteiger partial charge in [0.05, 0.1) is 16.1 Å². The first-order valence-corrected chi connectivity index (χ1v) is 12.0. The fourth-order valence-corrected chi connectivity index (χ4v) is 6.03. The molecule has 2 aliphatic rings. The highest BCUT2D eigenvalue weighted by Gasteiger charge is 2.28. The number of carbonyl (C=O) groups is 1. The maximum absolute atomic E-state index is 13.7. The third-order valence-electron chi connectivity index (χ3n) is 6.38. The molecular formula is C23H26N4O3S. The van der Waals surface area contributed by atoms with Gasteiger partial charge in [0.15, 0.2) is 0 Å². The van der Waals surface area contributed by atoms with E-state index in [0.717, 1.165) is 48.5 Å². The lowest BCUT2D eigenvalue weighted by atomic mass is 10.2. The number of hydrogen-bond donors (Lipinski definition) is 0. The summed E-state index contributed by atoms with van der Waals surface area (Å²) >= 11 is 0.